The van der Waals surface area contributed by atoms with E-state index >= 15 is 0 Å². The molecule has 1 heterocycles. The van der Waals surface area contributed by atoms with Crippen molar-refractivity contribution >= 4 is 33.7 Å². The average Bonchev–Trinajstić information content (AvgIpc) is 2.83. The second-order valence-corrected chi connectivity index (χ2v) is 6.66. The van der Waals surface area contributed by atoms with Gasteiger partial charge < -0.3 is 5.11 Å². The number of carboxylic acid groups (broad SMARTS) is 1. The van der Waals surface area contributed by atoms with Crippen molar-refractivity contribution in [1.82, 2.24) is 14.8 Å². The molecule has 1 N–H and O–H groups in total. The maximum absolute atomic E-state index is 10.8. The van der Waals surface area contributed by atoms with Crippen LogP contribution in [-0.2, 0) is 4.79 Å². The van der Waals surface area contributed by atoms with Gasteiger partial charge >= 0.3 is 5.97 Å². The Balaban J connectivity index is 2.55. The molecule has 0 fully saturated rings. The molecular formula is C14H16BrN3O2S. The highest BCUT2D eigenvalue weighted by atomic mass is 79.9. The summed E-state index contributed by atoms with van der Waals surface area (Å²) >= 11 is 4.77. The Labute approximate surface area is 135 Å². The molecule has 0 amide bonds. The molecule has 0 saturated carbocycles. The van der Waals surface area contributed by atoms with Gasteiger partial charge in [0.25, 0.3) is 0 Å². The van der Waals surface area contributed by atoms with Gasteiger partial charge in [0.1, 0.15) is 5.82 Å². The molecule has 2 aromatic rings. The molecule has 7 heteroatoms. The minimum absolute atomic E-state index is 0.0420. The first-order valence-corrected chi connectivity index (χ1v) is 8.25. The molecule has 1 aromatic carbocycles. The number of rotatable bonds is 5. The number of hydrogen-bond donors (Lipinski definition) is 1. The van der Waals surface area contributed by atoms with E-state index < -0.39 is 5.97 Å². The summed E-state index contributed by atoms with van der Waals surface area (Å²) in [6, 6.07) is 5.94. The number of hydrogen-bond acceptors (Lipinski definition) is 4. The predicted octanol–water partition coefficient (Wildman–Crippen LogP) is 3.64. The maximum Gasteiger partial charge on any atom is 0.313 e. The molecule has 0 aliphatic carbocycles. The molecule has 2 rings (SSSR count). The molecule has 5 nitrogen and oxygen atoms in total. The first-order chi connectivity index (χ1) is 9.91. The van der Waals surface area contributed by atoms with Crippen LogP contribution in [0.4, 0.5) is 0 Å². The highest BCUT2D eigenvalue weighted by Crippen LogP contribution is 2.31. The van der Waals surface area contributed by atoms with Crippen LogP contribution in [0.3, 0.4) is 0 Å². The molecule has 0 radical (unpaired) electrons. The van der Waals surface area contributed by atoms with Crippen molar-refractivity contribution in [1.29, 1.82) is 0 Å². The van der Waals surface area contributed by atoms with E-state index in [9.17, 15) is 4.79 Å². The first kappa shape index (κ1) is 16.0. The number of nitrogens with zero attached hydrogens (tertiary/aromatic N) is 3. The van der Waals surface area contributed by atoms with Gasteiger partial charge in [0.2, 0.25) is 0 Å². The van der Waals surface area contributed by atoms with Crippen LogP contribution in [0.15, 0.2) is 27.8 Å². The van der Waals surface area contributed by atoms with Gasteiger partial charge in [-0.3, -0.25) is 9.36 Å². The third-order valence-electron chi connectivity index (χ3n) is 2.91. The van der Waals surface area contributed by atoms with Crippen LogP contribution in [0.5, 0.6) is 0 Å². The van der Waals surface area contributed by atoms with Gasteiger partial charge in [0, 0.05) is 10.4 Å². The van der Waals surface area contributed by atoms with Crippen molar-refractivity contribution < 1.29 is 9.90 Å². The fourth-order valence-electron chi connectivity index (χ4n) is 1.91. The topological polar surface area (TPSA) is 68.0 Å². The standard InChI is InChI=1S/C14H16BrN3O2S/c1-8(2)13-16-17-14(21-7-11(19)20)18(13)10-6-4-5-9(3)12(10)15/h4-6,8H,7H2,1-3H3,(H,19,20). The monoisotopic (exact) mass is 369 g/mol. The lowest BCUT2D eigenvalue weighted by Gasteiger charge is -2.14. The summed E-state index contributed by atoms with van der Waals surface area (Å²) in [6.45, 7) is 6.09. The van der Waals surface area contributed by atoms with Gasteiger partial charge in [-0.15, -0.1) is 10.2 Å². The Morgan fingerprint density at radius 2 is 2.14 bits per heavy atom. The Morgan fingerprint density at radius 3 is 2.76 bits per heavy atom. The summed E-state index contributed by atoms with van der Waals surface area (Å²) in [4.78, 5) is 10.8. The molecule has 112 valence electrons. The minimum atomic E-state index is -0.871. The van der Waals surface area contributed by atoms with E-state index in [-0.39, 0.29) is 11.7 Å². The molecule has 0 unspecified atom stereocenters. The molecule has 0 spiro atoms. The summed E-state index contributed by atoms with van der Waals surface area (Å²) in [6.07, 6.45) is 0. The Morgan fingerprint density at radius 1 is 1.43 bits per heavy atom. The third kappa shape index (κ3) is 3.47. The molecule has 0 aliphatic heterocycles. The van der Waals surface area contributed by atoms with Crippen molar-refractivity contribution in [2.75, 3.05) is 5.75 Å². The largest absolute Gasteiger partial charge is 0.481 e. The number of carbonyl (C=O) groups is 1. The highest BCUT2D eigenvalue weighted by Gasteiger charge is 2.19. The zero-order chi connectivity index (χ0) is 15.6. The maximum atomic E-state index is 10.8. The van der Waals surface area contributed by atoms with Crippen molar-refractivity contribution in [3.05, 3.63) is 34.1 Å². The SMILES string of the molecule is Cc1cccc(-n2c(SCC(=O)O)nnc2C(C)C)c1Br. The molecule has 0 aliphatic rings. The van der Waals surface area contributed by atoms with Crippen LogP contribution in [0, 0.1) is 6.92 Å². The van der Waals surface area contributed by atoms with Crippen LogP contribution in [-0.4, -0.2) is 31.6 Å². The number of benzene rings is 1. The molecule has 0 saturated heterocycles. The Kier molecular flexibility index (Phi) is 5.05. The first-order valence-electron chi connectivity index (χ1n) is 6.47. The summed E-state index contributed by atoms with van der Waals surface area (Å²) in [5.41, 5.74) is 2.03. The van der Waals surface area contributed by atoms with Crippen molar-refractivity contribution in [2.45, 2.75) is 31.8 Å². The lowest BCUT2D eigenvalue weighted by molar-refractivity contribution is -0.133. The number of halogens is 1. The second-order valence-electron chi connectivity index (χ2n) is 4.92. The van der Waals surface area contributed by atoms with Crippen LogP contribution in [0.25, 0.3) is 5.69 Å². The van der Waals surface area contributed by atoms with Crippen molar-refractivity contribution in [3.8, 4) is 5.69 Å². The minimum Gasteiger partial charge on any atom is -0.481 e. The summed E-state index contributed by atoms with van der Waals surface area (Å²) in [7, 11) is 0. The average molecular weight is 370 g/mol. The fourth-order valence-corrected chi connectivity index (χ4v) is 3.02. The smallest absolute Gasteiger partial charge is 0.313 e. The number of thioether (sulfide) groups is 1. The van der Waals surface area contributed by atoms with Crippen LogP contribution < -0.4 is 0 Å². The van der Waals surface area contributed by atoms with E-state index in [1.807, 2.05) is 43.5 Å². The predicted molar refractivity (Wildman–Crippen MR) is 86.2 cm³/mol. The normalized spacial score (nSPS) is 11.1. The summed E-state index contributed by atoms with van der Waals surface area (Å²) < 4.78 is 2.89. The van der Waals surface area contributed by atoms with E-state index in [4.69, 9.17) is 5.11 Å². The lowest BCUT2D eigenvalue weighted by Crippen LogP contribution is -2.07. The van der Waals surface area contributed by atoms with Gasteiger partial charge in [-0.1, -0.05) is 37.7 Å². The molecule has 21 heavy (non-hydrogen) atoms. The second kappa shape index (κ2) is 6.62. The van der Waals surface area contributed by atoms with Gasteiger partial charge in [-0.2, -0.15) is 0 Å². The Hall–Kier alpha value is -1.34. The quantitative estimate of drug-likeness (QED) is 0.814. The van der Waals surface area contributed by atoms with Crippen LogP contribution >= 0.6 is 27.7 Å². The zero-order valence-corrected chi connectivity index (χ0v) is 14.4. The van der Waals surface area contributed by atoms with Gasteiger partial charge in [0.15, 0.2) is 5.16 Å². The molecular weight excluding hydrogens is 354 g/mol. The number of carboxylic acids is 1. The fraction of sp³-hybridized carbons (Fsp3) is 0.357. The van der Waals surface area contributed by atoms with Gasteiger partial charge in [-0.05, 0) is 34.5 Å². The zero-order valence-electron chi connectivity index (χ0n) is 12.0. The van der Waals surface area contributed by atoms with E-state index in [2.05, 4.69) is 26.1 Å². The Bertz CT molecular complexity index is 670. The van der Waals surface area contributed by atoms with E-state index in [0.717, 1.165) is 21.5 Å². The van der Waals surface area contributed by atoms with E-state index in [1.54, 1.807) is 0 Å². The van der Waals surface area contributed by atoms with Crippen LogP contribution in [0.1, 0.15) is 31.2 Å². The molecule has 0 atom stereocenters. The highest BCUT2D eigenvalue weighted by molar-refractivity contribution is 9.10. The number of aromatic nitrogens is 3. The number of aliphatic carboxylic acids is 1. The van der Waals surface area contributed by atoms with E-state index in [0.29, 0.717) is 5.16 Å². The van der Waals surface area contributed by atoms with E-state index in [1.165, 1.54) is 11.8 Å². The molecule has 0 bridgehead atoms. The van der Waals surface area contributed by atoms with Gasteiger partial charge in [0.05, 0.1) is 11.4 Å². The number of aryl methyl sites for hydroxylation is 1. The van der Waals surface area contributed by atoms with Crippen LogP contribution in [0.2, 0.25) is 0 Å². The van der Waals surface area contributed by atoms with Crippen molar-refractivity contribution in [3.63, 3.8) is 0 Å². The summed E-state index contributed by atoms with van der Waals surface area (Å²) in [5.74, 6) is 0.0851. The third-order valence-corrected chi connectivity index (χ3v) is 4.86. The summed E-state index contributed by atoms with van der Waals surface area (Å²) in [5, 5.41) is 17.8. The lowest BCUT2D eigenvalue weighted by atomic mass is 10.2. The van der Waals surface area contributed by atoms with Crippen molar-refractivity contribution in [2.24, 2.45) is 0 Å². The molecule has 1 aromatic heterocycles. The van der Waals surface area contributed by atoms with Gasteiger partial charge in [-0.25, -0.2) is 0 Å².